The first-order chi connectivity index (χ1) is 8.17. The monoisotopic (exact) mass is 237 g/mol. The molecular formula is C12H23N5. The molecule has 1 aromatic heterocycles. The van der Waals surface area contributed by atoms with Crippen molar-refractivity contribution in [1.82, 2.24) is 14.9 Å². The van der Waals surface area contributed by atoms with E-state index in [-0.39, 0.29) is 0 Å². The highest BCUT2D eigenvalue weighted by Crippen LogP contribution is 2.12. The largest absolute Gasteiger partial charge is 0.372 e. The highest BCUT2D eigenvalue weighted by Gasteiger charge is 2.06. The van der Waals surface area contributed by atoms with Gasteiger partial charge in [0.25, 0.3) is 0 Å². The van der Waals surface area contributed by atoms with Gasteiger partial charge in [-0.1, -0.05) is 0 Å². The fraction of sp³-hybridized carbons (Fsp3) is 0.667. The minimum atomic E-state index is 0.813. The zero-order valence-corrected chi connectivity index (χ0v) is 11.3. The van der Waals surface area contributed by atoms with Gasteiger partial charge >= 0.3 is 0 Å². The van der Waals surface area contributed by atoms with Crippen LogP contribution < -0.4 is 10.2 Å². The lowest BCUT2D eigenvalue weighted by Crippen LogP contribution is -2.28. The van der Waals surface area contributed by atoms with Crippen molar-refractivity contribution in [3.63, 3.8) is 0 Å². The van der Waals surface area contributed by atoms with Crippen molar-refractivity contribution in [2.45, 2.75) is 13.3 Å². The van der Waals surface area contributed by atoms with Crippen molar-refractivity contribution in [2.24, 2.45) is 0 Å². The standard InChI is InChI=1S/C12H23N5/c1-5-17(8-6-7-16(3)4)12-10-14-9-11(13-2)15-12/h9-10H,5-8H2,1-4H3,(H,13,15). The number of nitrogens with zero attached hydrogens (tertiary/aromatic N) is 4. The Hall–Kier alpha value is -1.36. The van der Waals surface area contributed by atoms with Crippen molar-refractivity contribution < 1.29 is 0 Å². The molecule has 0 fully saturated rings. The minimum Gasteiger partial charge on any atom is -0.372 e. The molecule has 17 heavy (non-hydrogen) atoms. The topological polar surface area (TPSA) is 44.3 Å². The molecule has 0 saturated carbocycles. The molecule has 96 valence electrons. The van der Waals surface area contributed by atoms with Crippen molar-refractivity contribution in [3.05, 3.63) is 12.4 Å². The molecule has 1 rings (SSSR count). The number of aromatic nitrogens is 2. The van der Waals surface area contributed by atoms with Crippen LogP contribution in [0.15, 0.2) is 12.4 Å². The number of rotatable bonds is 7. The lowest BCUT2D eigenvalue weighted by molar-refractivity contribution is 0.400. The van der Waals surface area contributed by atoms with Crippen molar-refractivity contribution >= 4 is 11.6 Å². The summed E-state index contributed by atoms with van der Waals surface area (Å²) >= 11 is 0. The van der Waals surface area contributed by atoms with E-state index in [4.69, 9.17) is 0 Å². The molecule has 0 radical (unpaired) electrons. The molecule has 5 heteroatoms. The van der Waals surface area contributed by atoms with E-state index < -0.39 is 0 Å². The van der Waals surface area contributed by atoms with Gasteiger partial charge in [-0.3, -0.25) is 4.98 Å². The second kappa shape index (κ2) is 7.06. The maximum atomic E-state index is 4.50. The summed E-state index contributed by atoms with van der Waals surface area (Å²) in [6, 6.07) is 0. The van der Waals surface area contributed by atoms with E-state index >= 15 is 0 Å². The van der Waals surface area contributed by atoms with E-state index in [1.54, 1.807) is 6.20 Å². The van der Waals surface area contributed by atoms with Gasteiger partial charge in [0.1, 0.15) is 11.6 Å². The van der Waals surface area contributed by atoms with Crippen LogP contribution >= 0.6 is 0 Å². The first kappa shape index (κ1) is 13.7. The molecule has 0 aliphatic rings. The molecule has 0 atom stereocenters. The Kier molecular flexibility index (Phi) is 5.69. The van der Waals surface area contributed by atoms with Gasteiger partial charge in [0.2, 0.25) is 0 Å². The summed E-state index contributed by atoms with van der Waals surface area (Å²) in [4.78, 5) is 13.1. The van der Waals surface area contributed by atoms with Crippen LogP contribution in [0.5, 0.6) is 0 Å². The summed E-state index contributed by atoms with van der Waals surface area (Å²) < 4.78 is 0. The number of nitrogens with one attached hydrogen (secondary N) is 1. The van der Waals surface area contributed by atoms with E-state index in [2.05, 4.69) is 46.1 Å². The smallest absolute Gasteiger partial charge is 0.149 e. The van der Waals surface area contributed by atoms with Crippen LogP contribution in [-0.4, -0.2) is 55.6 Å². The SMILES string of the molecule is CCN(CCCN(C)C)c1cncc(NC)n1. The van der Waals surface area contributed by atoms with Gasteiger partial charge < -0.3 is 15.1 Å². The van der Waals surface area contributed by atoms with Crippen molar-refractivity contribution in [1.29, 1.82) is 0 Å². The summed E-state index contributed by atoms with van der Waals surface area (Å²) in [6.07, 6.45) is 4.68. The van der Waals surface area contributed by atoms with Crippen LogP contribution in [0.4, 0.5) is 11.6 Å². The van der Waals surface area contributed by atoms with Crippen LogP contribution in [0.1, 0.15) is 13.3 Å². The third-order valence-corrected chi connectivity index (χ3v) is 2.62. The Morgan fingerprint density at radius 2 is 2.00 bits per heavy atom. The van der Waals surface area contributed by atoms with E-state index in [0.717, 1.165) is 37.7 Å². The maximum absolute atomic E-state index is 4.50. The van der Waals surface area contributed by atoms with Gasteiger partial charge in [-0.15, -0.1) is 0 Å². The van der Waals surface area contributed by atoms with Gasteiger partial charge in [0.05, 0.1) is 12.4 Å². The molecule has 1 N–H and O–H groups in total. The second-order valence-corrected chi connectivity index (χ2v) is 4.25. The third kappa shape index (κ3) is 4.56. The normalized spacial score (nSPS) is 10.6. The molecule has 0 bridgehead atoms. The van der Waals surface area contributed by atoms with Crippen molar-refractivity contribution in [2.75, 3.05) is 51.0 Å². The lowest BCUT2D eigenvalue weighted by Gasteiger charge is -2.22. The van der Waals surface area contributed by atoms with Gasteiger partial charge in [-0.25, -0.2) is 4.98 Å². The van der Waals surface area contributed by atoms with Gasteiger partial charge in [-0.05, 0) is 34.0 Å². The Morgan fingerprint density at radius 1 is 1.24 bits per heavy atom. The highest BCUT2D eigenvalue weighted by atomic mass is 15.2. The third-order valence-electron chi connectivity index (χ3n) is 2.62. The van der Waals surface area contributed by atoms with Crippen LogP contribution in [0, 0.1) is 0 Å². The van der Waals surface area contributed by atoms with Crippen LogP contribution in [0.3, 0.4) is 0 Å². The molecular weight excluding hydrogens is 214 g/mol. The van der Waals surface area contributed by atoms with E-state index in [1.807, 2.05) is 13.2 Å². The molecule has 0 saturated heterocycles. The molecule has 0 aromatic carbocycles. The van der Waals surface area contributed by atoms with E-state index in [9.17, 15) is 0 Å². The predicted molar refractivity (Wildman–Crippen MR) is 72.6 cm³/mol. The molecule has 1 heterocycles. The highest BCUT2D eigenvalue weighted by molar-refractivity contribution is 5.43. The van der Waals surface area contributed by atoms with Crippen LogP contribution in [0.2, 0.25) is 0 Å². The molecule has 0 unspecified atom stereocenters. The van der Waals surface area contributed by atoms with E-state index in [1.165, 1.54) is 0 Å². The number of anilines is 2. The Bertz CT molecular complexity index is 326. The summed E-state index contributed by atoms with van der Waals surface area (Å²) in [5.74, 6) is 1.76. The number of hydrogen-bond acceptors (Lipinski definition) is 5. The zero-order valence-electron chi connectivity index (χ0n) is 11.3. The lowest BCUT2D eigenvalue weighted by atomic mass is 10.3. The average molecular weight is 237 g/mol. The molecule has 0 aliphatic heterocycles. The van der Waals surface area contributed by atoms with Crippen molar-refractivity contribution in [3.8, 4) is 0 Å². The Labute approximate surface area is 104 Å². The predicted octanol–water partition coefficient (Wildman–Crippen LogP) is 1.30. The second-order valence-electron chi connectivity index (χ2n) is 4.25. The molecule has 5 nitrogen and oxygen atoms in total. The van der Waals surface area contributed by atoms with Crippen LogP contribution in [-0.2, 0) is 0 Å². The summed E-state index contributed by atoms with van der Waals surface area (Å²) in [5, 5.41) is 3.01. The minimum absolute atomic E-state index is 0.813. The van der Waals surface area contributed by atoms with Crippen LogP contribution in [0.25, 0.3) is 0 Å². The van der Waals surface area contributed by atoms with Gasteiger partial charge in [0, 0.05) is 20.1 Å². The summed E-state index contributed by atoms with van der Waals surface area (Å²) in [5.41, 5.74) is 0. The summed E-state index contributed by atoms with van der Waals surface area (Å²) in [6.45, 7) is 5.20. The van der Waals surface area contributed by atoms with E-state index in [0.29, 0.717) is 0 Å². The van der Waals surface area contributed by atoms with Gasteiger partial charge in [-0.2, -0.15) is 0 Å². The maximum Gasteiger partial charge on any atom is 0.149 e. The van der Waals surface area contributed by atoms with Gasteiger partial charge in [0.15, 0.2) is 0 Å². The molecule has 1 aromatic rings. The molecule has 0 amide bonds. The quantitative estimate of drug-likeness (QED) is 0.774. The fourth-order valence-corrected chi connectivity index (χ4v) is 1.64. The summed E-state index contributed by atoms with van der Waals surface area (Å²) in [7, 11) is 6.05. The first-order valence-electron chi connectivity index (χ1n) is 6.06. The molecule has 0 spiro atoms. The average Bonchev–Trinajstić information content (AvgIpc) is 2.34. The zero-order chi connectivity index (χ0) is 12.7. The molecule has 0 aliphatic carbocycles. The Balaban J connectivity index is 2.59. The Morgan fingerprint density at radius 3 is 2.59 bits per heavy atom. The first-order valence-corrected chi connectivity index (χ1v) is 6.06. The number of hydrogen-bond donors (Lipinski definition) is 1. The fourth-order valence-electron chi connectivity index (χ4n) is 1.64.